The topological polar surface area (TPSA) is 35.2 Å². The highest BCUT2D eigenvalue weighted by Gasteiger charge is 2.12. The van der Waals surface area contributed by atoms with Crippen molar-refractivity contribution in [3.8, 4) is 0 Å². The SMILES string of the molecule is CCC(OC)c1ccc(N)c2ccccc12. The summed E-state index contributed by atoms with van der Waals surface area (Å²) in [5.74, 6) is 0. The van der Waals surface area contributed by atoms with Gasteiger partial charge in [0.1, 0.15) is 0 Å². The molecule has 1 atom stereocenters. The van der Waals surface area contributed by atoms with Crippen LogP contribution in [0.2, 0.25) is 0 Å². The molecule has 16 heavy (non-hydrogen) atoms. The second-order valence-electron chi connectivity index (χ2n) is 3.92. The first kappa shape index (κ1) is 11.0. The van der Waals surface area contributed by atoms with Gasteiger partial charge in [-0.1, -0.05) is 37.3 Å². The summed E-state index contributed by atoms with van der Waals surface area (Å²) in [4.78, 5) is 0. The van der Waals surface area contributed by atoms with Gasteiger partial charge in [0, 0.05) is 18.2 Å². The van der Waals surface area contributed by atoms with Gasteiger partial charge < -0.3 is 10.5 Å². The molecule has 0 fully saturated rings. The molecule has 0 aliphatic heterocycles. The molecule has 0 saturated carbocycles. The highest BCUT2D eigenvalue weighted by molar-refractivity contribution is 5.95. The predicted molar refractivity (Wildman–Crippen MR) is 68.4 cm³/mol. The Labute approximate surface area is 96.0 Å². The molecular weight excluding hydrogens is 198 g/mol. The van der Waals surface area contributed by atoms with E-state index >= 15 is 0 Å². The van der Waals surface area contributed by atoms with Crippen LogP contribution in [0, 0.1) is 0 Å². The molecule has 0 spiro atoms. The van der Waals surface area contributed by atoms with E-state index < -0.39 is 0 Å². The van der Waals surface area contributed by atoms with Crippen molar-refractivity contribution in [2.45, 2.75) is 19.4 Å². The summed E-state index contributed by atoms with van der Waals surface area (Å²) >= 11 is 0. The number of methoxy groups -OCH3 is 1. The van der Waals surface area contributed by atoms with Crippen molar-refractivity contribution in [3.63, 3.8) is 0 Å². The molecule has 84 valence electrons. The standard InChI is InChI=1S/C14H17NO/c1-3-14(16-2)12-8-9-13(15)11-7-5-4-6-10(11)12/h4-9,14H,3,15H2,1-2H3. The fourth-order valence-corrected chi connectivity index (χ4v) is 2.14. The molecule has 2 heteroatoms. The molecule has 2 nitrogen and oxygen atoms in total. The monoisotopic (exact) mass is 215 g/mol. The van der Waals surface area contributed by atoms with Gasteiger partial charge in [-0.25, -0.2) is 0 Å². The first-order valence-corrected chi connectivity index (χ1v) is 5.57. The van der Waals surface area contributed by atoms with E-state index in [1.807, 2.05) is 18.2 Å². The van der Waals surface area contributed by atoms with Crippen LogP contribution in [-0.2, 0) is 4.74 Å². The number of nitrogens with two attached hydrogens (primary N) is 1. The van der Waals surface area contributed by atoms with Crippen LogP contribution in [0.5, 0.6) is 0 Å². The van der Waals surface area contributed by atoms with Crippen LogP contribution in [0.1, 0.15) is 25.0 Å². The number of ether oxygens (including phenoxy) is 1. The first-order valence-electron chi connectivity index (χ1n) is 5.57. The quantitative estimate of drug-likeness (QED) is 0.795. The first-order chi connectivity index (χ1) is 7.77. The van der Waals surface area contributed by atoms with Gasteiger partial charge in [-0.3, -0.25) is 0 Å². The molecule has 2 aromatic carbocycles. The van der Waals surface area contributed by atoms with Crippen molar-refractivity contribution in [1.82, 2.24) is 0 Å². The van der Waals surface area contributed by atoms with E-state index in [-0.39, 0.29) is 6.10 Å². The van der Waals surface area contributed by atoms with Crippen molar-refractivity contribution in [3.05, 3.63) is 42.0 Å². The van der Waals surface area contributed by atoms with Crippen LogP contribution >= 0.6 is 0 Å². The van der Waals surface area contributed by atoms with Crippen molar-refractivity contribution in [2.24, 2.45) is 0 Å². The number of anilines is 1. The van der Waals surface area contributed by atoms with Crippen LogP contribution in [-0.4, -0.2) is 7.11 Å². The molecule has 0 heterocycles. The van der Waals surface area contributed by atoms with E-state index in [1.165, 1.54) is 10.9 Å². The van der Waals surface area contributed by atoms with Crippen molar-refractivity contribution in [1.29, 1.82) is 0 Å². The lowest BCUT2D eigenvalue weighted by molar-refractivity contribution is 0.101. The van der Waals surface area contributed by atoms with Gasteiger partial charge in [-0.2, -0.15) is 0 Å². The minimum Gasteiger partial charge on any atom is -0.398 e. The van der Waals surface area contributed by atoms with Crippen molar-refractivity contribution < 1.29 is 4.74 Å². The van der Waals surface area contributed by atoms with Crippen LogP contribution < -0.4 is 5.73 Å². The van der Waals surface area contributed by atoms with E-state index in [0.717, 1.165) is 17.5 Å². The molecular formula is C14H17NO. The lowest BCUT2D eigenvalue weighted by Gasteiger charge is -2.16. The third kappa shape index (κ3) is 1.76. The highest BCUT2D eigenvalue weighted by atomic mass is 16.5. The second-order valence-corrected chi connectivity index (χ2v) is 3.92. The van der Waals surface area contributed by atoms with Crippen LogP contribution in [0.3, 0.4) is 0 Å². The number of hydrogen-bond donors (Lipinski definition) is 1. The fourth-order valence-electron chi connectivity index (χ4n) is 2.14. The van der Waals surface area contributed by atoms with Gasteiger partial charge in [0.25, 0.3) is 0 Å². The normalized spacial score (nSPS) is 12.9. The minimum absolute atomic E-state index is 0.144. The molecule has 0 bridgehead atoms. The lowest BCUT2D eigenvalue weighted by atomic mass is 9.98. The molecule has 0 aromatic heterocycles. The van der Waals surface area contributed by atoms with Crippen molar-refractivity contribution in [2.75, 3.05) is 12.8 Å². The van der Waals surface area contributed by atoms with Gasteiger partial charge in [-0.15, -0.1) is 0 Å². The number of rotatable bonds is 3. The Bertz CT molecular complexity index is 489. The largest absolute Gasteiger partial charge is 0.398 e. The van der Waals surface area contributed by atoms with E-state index in [2.05, 4.69) is 25.1 Å². The third-order valence-corrected chi connectivity index (χ3v) is 2.99. The lowest BCUT2D eigenvalue weighted by Crippen LogP contribution is -2.01. The van der Waals surface area contributed by atoms with E-state index in [0.29, 0.717) is 0 Å². The van der Waals surface area contributed by atoms with Gasteiger partial charge in [0.2, 0.25) is 0 Å². The summed E-state index contributed by atoms with van der Waals surface area (Å²) in [5, 5.41) is 2.30. The summed E-state index contributed by atoms with van der Waals surface area (Å²) in [5.41, 5.74) is 8.01. The second kappa shape index (κ2) is 4.54. The van der Waals surface area contributed by atoms with E-state index in [1.54, 1.807) is 7.11 Å². The smallest absolute Gasteiger partial charge is 0.0824 e. The molecule has 0 amide bonds. The van der Waals surface area contributed by atoms with E-state index in [4.69, 9.17) is 10.5 Å². The van der Waals surface area contributed by atoms with Crippen LogP contribution in [0.25, 0.3) is 10.8 Å². The van der Waals surface area contributed by atoms with Gasteiger partial charge >= 0.3 is 0 Å². The van der Waals surface area contributed by atoms with E-state index in [9.17, 15) is 0 Å². The summed E-state index contributed by atoms with van der Waals surface area (Å²) in [6, 6.07) is 12.2. The summed E-state index contributed by atoms with van der Waals surface area (Å²) in [7, 11) is 1.75. The Morgan fingerprint density at radius 3 is 2.44 bits per heavy atom. The molecule has 2 rings (SSSR count). The third-order valence-electron chi connectivity index (χ3n) is 2.99. The van der Waals surface area contributed by atoms with Crippen molar-refractivity contribution >= 4 is 16.5 Å². The summed E-state index contributed by atoms with van der Waals surface area (Å²) in [6.45, 7) is 2.12. The van der Waals surface area contributed by atoms with Gasteiger partial charge in [0.15, 0.2) is 0 Å². The average molecular weight is 215 g/mol. The predicted octanol–water partition coefficient (Wildman–Crippen LogP) is 3.52. The molecule has 1 unspecified atom stereocenters. The average Bonchev–Trinajstić information content (AvgIpc) is 2.34. The van der Waals surface area contributed by atoms with Crippen LogP contribution in [0.15, 0.2) is 36.4 Å². The highest BCUT2D eigenvalue weighted by Crippen LogP contribution is 2.31. The number of nitrogen functional groups attached to an aromatic ring is 1. The Kier molecular flexibility index (Phi) is 3.11. The molecule has 0 aliphatic rings. The molecule has 2 aromatic rings. The zero-order valence-corrected chi connectivity index (χ0v) is 9.73. The Hall–Kier alpha value is -1.54. The number of benzene rings is 2. The Morgan fingerprint density at radius 1 is 1.12 bits per heavy atom. The van der Waals surface area contributed by atoms with Gasteiger partial charge in [-0.05, 0) is 23.4 Å². The molecule has 2 N–H and O–H groups in total. The molecule has 0 aliphatic carbocycles. The number of fused-ring (bicyclic) bond motifs is 1. The fraction of sp³-hybridized carbons (Fsp3) is 0.286. The Morgan fingerprint density at radius 2 is 1.81 bits per heavy atom. The van der Waals surface area contributed by atoms with Crippen LogP contribution in [0.4, 0.5) is 5.69 Å². The molecule has 0 saturated heterocycles. The summed E-state index contributed by atoms with van der Waals surface area (Å²) < 4.78 is 5.49. The zero-order chi connectivity index (χ0) is 11.5. The summed E-state index contributed by atoms with van der Waals surface area (Å²) in [6.07, 6.45) is 1.11. The maximum absolute atomic E-state index is 5.97. The maximum atomic E-state index is 5.97. The Balaban J connectivity index is 2.66. The minimum atomic E-state index is 0.144. The molecule has 0 radical (unpaired) electrons. The number of hydrogen-bond acceptors (Lipinski definition) is 2. The maximum Gasteiger partial charge on any atom is 0.0824 e. The zero-order valence-electron chi connectivity index (χ0n) is 9.73. The van der Waals surface area contributed by atoms with Gasteiger partial charge in [0.05, 0.1) is 6.10 Å².